The van der Waals surface area contributed by atoms with Gasteiger partial charge in [-0.15, -0.1) is 0 Å². The monoisotopic (exact) mass is 375 g/mol. The molecule has 0 bridgehead atoms. The molecule has 6 nitrogen and oxygen atoms in total. The van der Waals surface area contributed by atoms with Gasteiger partial charge in [0.15, 0.2) is 0 Å². The zero-order valence-corrected chi connectivity index (χ0v) is 16.6. The number of carbonyl (C=O) groups is 1. The fourth-order valence-electron chi connectivity index (χ4n) is 3.60. The van der Waals surface area contributed by atoms with Gasteiger partial charge in [-0.2, -0.15) is 4.98 Å². The molecule has 1 aromatic heterocycles. The SMILES string of the molecule is Cc1cc(N(C)C)nc(N2CCN(C(=O)c3cccc4ccccc34)CC2)n1. The lowest BCUT2D eigenvalue weighted by Gasteiger charge is -2.35. The lowest BCUT2D eigenvalue weighted by atomic mass is 10.0. The van der Waals surface area contributed by atoms with Crippen LogP contribution in [0.5, 0.6) is 0 Å². The number of hydrogen-bond donors (Lipinski definition) is 0. The molecular weight excluding hydrogens is 350 g/mol. The van der Waals surface area contributed by atoms with Crippen molar-refractivity contribution in [3.05, 3.63) is 59.8 Å². The summed E-state index contributed by atoms with van der Waals surface area (Å²) in [5, 5.41) is 2.10. The van der Waals surface area contributed by atoms with Crippen LogP contribution < -0.4 is 9.80 Å². The van der Waals surface area contributed by atoms with Crippen molar-refractivity contribution >= 4 is 28.4 Å². The van der Waals surface area contributed by atoms with Gasteiger partial charge in [0.1, 0.15) is 5.82 Å². The van der Waals surface area contributed by atoms with Crippen LogP contribution in [-0.4, -0.2) is 61.0 Å². The maximum atomic E-state index is 13.1. The molecule has 2 aromatic carbocycles. The van der Waals surface area contributed by atoms with Crippen LogP contribution in [-0.2, 0) is 0 Å². The number of rotatable bonds is 3. The Morgan fingerprint density at radius 3 is 2.43 bits per heavy atom. The predicted molar refractivity (Wildman–Crippen MR) is 113 cm³/mol. The van der Waals surface area contributed by atoms with E-state index >= 15 is 0 Å². The van der Waals surface area contributed by atoms with Crippen LogP contribution in [0.4, 0.5) is 11.8 Å². The molecule has 2 heterocycles. The maximum absolute atomic E-state index is 13.1. The van der Waals surface area contributed by atoms with Crippen LogP contribution in [0, 0.1) is 6.92 Å². The van der Waals surface area contributed by atoms with Gasteiger partial charge in [0.25, 0.3) is 5.91 Å². The molecule has 6 heteroatoms. The largest absolute Gasteiger partial charge is 0.363 e. The van der Waals surface area contributed by atoms with Crippen molar-refractivity contribution in [1.82, 2.24) is 14.9 Å². The van der Waals surface area contributed by atoms with Crippen molar-refractivity contribution in [2.75, 3.05) is 50.1 Å². The fraction of sp³-hybridized carbons (Fsp3) is 0.318. The number of benzene rings is 2. The number of hydrogen-bond acceptors (Lipinski definition) is 5. The summed E-state index contributed by atoms with van der Waals surface area (Å²) in [6.07, 6.45) is 0. The van der Waals surface area contributed by atoms with E-state index in [9.17, 15) is 4.79 Å². The molecule has 0 unspecified atom stereocenters. The third-order valence-electron chi connectivity index (χ3n) is 5.16. The molecule has 1 aliphatic rings. The van der Waals surface area contributed by atoms with Gasteiger partial charge >= 0.3 is 0 Å². The molecule has 1 aliphatic heterocycles. The van der Waals surface area contributed by atoms with E-state index in [2.05, 4.69) is 14.9 Å². The first-order chi connectivity index (χ1) is 13.5. The van der Waals surface area contributed by atoms with E-state index in [0.717, 1.165) is 46.9 Å². The maximum Gasteiger partial charge on any atom is 0.254 e. The number of aryl methyl sites for hydroxylation is 1. The first kappa shape index (κ1) is 18.2. The van der Waals surface area contributed by atoms with Gasteiger partial charge in [0.2, 0.25) is 5.95 Å². The first-order valence-corrected chi connectivity index (χ1v) is 9.58. The van der Waals surface area contributed by atoms with E-state index in [1.54, 1.807) is 0 Å². The Morgan fingerprint density at radius 2 is 1.68 bits per heavy atom. The lowest BCUT2D eigenvalue weighted by Crippen LogP contribution is -2.49. The number of aromatic nitrogens is 2. The van der Waals surface area contributed by atoms with Crippen LogP contribution in [0.2, 0.25) is 0 Å². The Kier molecular flexibility index (Phi) is 4.86. The Bertz CT molecular complexity index is 1000. The Labute approximate surface area is 165 Å². The molecule has 0 N–H and O–H groups in total. The second kappa shape index (κ2) is 7.46. The summed E-state index contributed by atoms with van der Waals surface area (Å²) in [6.45, 7) is 4.77. The third kappa shape index (κ3) is 3.50. The van der Waals surface area contributed by atoms with Crippen molar-refractivity contribution in [3.63, 3.8) is 0 Å². The summed E-state index contributed by atoms with van der Waals surface area (Å²) in [5.74, 6) is 1.73. The summed E-state index contributed by atoms with van der Waals surface area (Å²) in [4.78, 5) is 28.5. The molecular formula is C22H25N5O. The van der Waals surface area contributed by atoms with Gasteiger partial charge in [0, 0.05) is 57.6 Å². The summed E-state index contributed by atoms with van der Waals surface area (Å²) < 4.78 is 0. The van der Waals surface area contributed by atoms with Gasteiger partial charge in [-0.3, -0.25) is 4.79 Å². The second-order valence-corrected chi connectivity index (χ2v) is 7.37. The minimum absolute atomic E-state index is 0.0931. The molecule has 1 saturated heterocycles. The molecule has 0 aliphatic carbocycles. The summed E-state index contributed by atoms with van der Waals surface area (Å²) in [5.41, 5.74) is 1.72. The van der Waals surface area contributed by atoms with E-state index in [-0.39, 0.29) is 5.91 Å². The van der Waals surface area contributed by atoms with E-state index in [1.807, 2.05) is 79.3 Å². The van der Waals surface area contributed by atoms with Gasteiger partial charge in [0.05, 0.1) is 0 Å². The molecule has 28 heavy (non-hydrogen) atoms. The normalized spacial score (nSPS) is 14.4. The lowest BCUT2D eigenvalue weighted by molar-refractivity contribution is 0.0748. The van der Waals surface area contributed by atoms with Crippen molar-refractivity contribution in [1.29, 1.82) is 0 Å². The highest BCUT2D eigenvalue weighted by Gasteiger charge is 2.25. The molecule has 144 valence electrons. The van der Waals surface area contributed by atoms with Gasteiger partial charge < -0.3 is 14.7 Å². The third-order valence-corrected chi connectivity index (χ3v) is 5.16. The standard InChI is InChI=1S/C22H25N5O/c1-16-15-20(25(2)3)24-22(23-16)27-13-11-26(12-14-27)21(28)19-10-6-8-17-7-4-5-9-18(17)19/h4-10,15H,11-14H2,1-3H3. The smallest absolute Gasteiger partial charge is 0.254 e. The highest BCUT2D eigenvalue weighted by atomic mass is 16.2. The van der Waals surface area contributed by atoms with Crippen molar-refractivity contribution in [2.45, 2.75) is 6.92 Å². The van der Waals surface area contributed by atoms with Crippen LogP contribution >= 0.6 is 0 Å². The molecule has 0 saturated carbocycles. The molecule has 1 fully saturated rings. The second-order valence-electron chi connectivity index (χ2n) is 7.37. The Morgan fingerprint density at radius 1 is 0.964 bits per heavy atom. The number of amides is 1. The summed E-state index contributed by atoms with van der Waals surface area (Å²) in [7, 11) is 3.96. The highest BCUT2D eigenvalue weighted by Crippen LogP contribution is 2.22. The van der Waals surface area contributed by atoms with Crippen molar-refractivity contribution in [3.8, 4) is 0 Å². The van der Waals surface area contributed by atoms with Crippen molar-refractivity contribution < 1.29 is 4.79 Å². The minimum Gasteiger partial charge on any atom is -0.363 e. The van der Waals surface area contributed by atoms with Gasteiger partial charge in [-0.25, -0.2) is 4.98 Å². The Balaban J connectivity index is 1.50. The number of anilines is 2. The average molecular weight is 375 g/mol. The summed E-state index contributed by atoms with van der Waals surface area (Å²) >= 11 is 0. The van der Waals surface area contributed by atoms with Crippen molar-refractivity contribution in [2.24, 2.45) is 0 Å². The zero-order chi connectivity index (χ0) is 19.7. The van der Waals surface area contributed by atoms with Crippen LogP contribution in [0.15, 0.2) is 48.5 Å². The molecule has 1 amide bonds. The average Bonchev–Trinajstić information content (AvgIpc) is 2.72. The van der Waals surface area contributed by atoms with E-state index in [0.29, 0.717) is 13.1 Å². The number of carbonyl (C=O) groups excluding carboxylic acids is 1. The van der Waals surface area contributed by atoms with E-state index < -0.39 is 0 Å². The van der Waals surface area contributed by atoms with E-state index in [4.69, 9.17) is 0 Å². The molecule has 3 aromatic rings. The fourth-order valence-corrected chi connectivity index (χ4v) is 3.60. The number of fused-ring (bicyclic) bond motifs is 1. The quantitative estimate of drug-likeness (QED) is 0.704. The van der Waals surface area contributed by atoms with E-state index in [1.165, 1.54) is 0 Å². The molecule has 4 rings (SSSR count). The van der Waals surface area contributed by atoms with Crippen LogP contribution in [0.25, 0.3) is 10.8 Å². The molecule has 0 spiro atoms. The topological polar surface area (TPSA) is 52.6 Å². The summed E-state index contributed by atoms with van der Waals surface area (Å²) in [6, 6.07) is 15.9. The van der Waals surface area contributed by atoms with Gasteiger partial charge in [-0.1, -0.05) is 36.4 Å². The Hall–Kier alpha value is -3.15. The van der Waals surface area contributed by atoms with Crippen LogP contribution in [0.3, 0.4) is 0 Å². The highest BCUT2D eigenvalue weighted by molar-refractivity contribution is 6.07. The zero-order valence-electron chi connectivity index (χ0n) is 16.6. The first-order valence-electron chi connectivity index (χ1n) is 9.58. The molecule has 0 atom stereocenters. The molecule has 0 radical (unpaired) electrons. The van der Waals surface area contributed by atoms with Crippen LogP contribution in [0.1, 0.15) is 16.1 Å². The predicted octanol–water partition coefficient (Wildman–Crippen LogP) is 2.97. The minimum atomic E-state index is 0.0931. The number of nitrogens with zero attached hydrogens (tertiary/aromatic N) is 5. The van der Waals surface area contributed by atoms with Gasteiger partial charge in [-0.05, 0) is 23.8 Å². The number of piperazine rings is 1.